The fourth-order valence-corrected chi connectivity index (χ4v) is 2.32. The summed E-state index contributed by atoms with van der Waals surface area (Å²) in [7, 11) is 0. The third-order valence-electron chi connectivity index (χ3n) is 3.52. The molecule has 1 saturated carbocycles. The number of hydrogen-bond donors (Lipinski definition) is 4. The Hall–Kier alpha value is -1.40. The van der Waals surface area contributed by atoms with E-state index >= 15 is 0 Å². The van der Waals surface area contributed by atoms with Crippen LogP contribution in [0.25, 0.3) is 0 Å². The minimum atomic E-state index is -1.38. The van der Waals surface area contributed by atoms with E-state index in [1.165, 1.54) is 32.1 Å². The summed E-state index contributed by atoms with van der Waals surface area (Å²) in [6, 6.07) is 0. The zero-order valence-electron chi connectivity index (χ0n) is 13.0. The summed E-state index contributed by atoms with van der Waals surface area (Å²) < 4.78 is 0. The van der Waals surface area contributed by atoms with Gasteiger partial charge in [-0.05, 0) is 12.8 Å². The number of carboxylic acid groups (broad SMARTS) is 2. The molecule has 1 aliphatic rings. The van der Waals surface area contributed by atoms with Crippen LogP contribution in [0, 0.1) is 0 Å². The second kappa shape index (κ2) is 12.2. The van der Waals surface area contributed by atoms with Gasteiger partial charge in [-0.3, -0.25) is 0 Å². The van der Waals surface area contributed by atoms with E-state index in [1.54, 1.807) is 0 Å². The van der Waals surface area contributed by atoms with Crippen LogP contribution in [0.1, 0.15) is 70.6 Å². The smallest absolute Gasteiger partial charge is 0.328 e. The van der Waals surface area contributed by atoms with E-state index in [2.05, 4.69) is 0 Å². The van der Waals surface area contributed by atoms with E-state index in [0.29, 0.717) is 25.0 Å². The van der Waals surface area contributed by atoms with Gasteiger partial charge in [-0.25, -0.2) is 9.59 Å². The Bertz CT molecular complexity index is 319. The molecule has 1 rings (SSSR count). The fourth-order valence-electron chi connectivity index (χ4n) is 2.32. The first kappa shape index (κ1) is 20.6. The first-order chi connectivity index (χ1) is 10.3. The van der Waals surface area contributed by atoms with Crippen molar-refractivity contribution < 1.29 is 30.0 Å². The van der Waals surface area contributed by atoms with Gasteiger partial charge < -0.3 is 20.4 Å². The lowest BCUT2D eigenvalue weighted by molar-refractivity contribution is -0.172. The molecule has 0 aromatic carbocycles. The molecule has 0 spiro atoms. The van der Waals surface area contributed by atoms with E-state index in [9.17, 15) is 19.8 Å². The highest BCUT2D eigenvalue weighted by Gasteiger charge is 2.21. The molecule has 0 atom stereocenters. The topological polar surface area (TPSA) is 115 Å². The standard InChI is InChI=1S/C12H24O2.C4H4O4/c13-12(14)10-8-6-4-2-1-3-5-7-9-11-12;5-3(6)1-2-4(7)8/h13-14H,1-11H2;1-2H,(H,5,6)(H,7,8)/b;2-1+. The maximum atomic E-state index is 9.61. The van der Waals surface area contributed by atoms with Crippen LogP contribution in [0.4, 0.5) is 0 Å². The molecule has 0 aliphatic heterocycles. The molecular weight excluding hydrogens is 288 g/mol. The number of hydrogen-bond acceptors (Lipinski definition) is 4. The van der Waals surface area contributed by atoms with Crippen LogP contribution in [0.5, 0.6) is 0 Å². The van der Waals surface area contributed by atoms with E-state index in [-0.39, 0.29) is 0 Å². The molecule has 128 valence electrons. The second-order valence-electron chi connectivity index (χ2n) is 5.67. The summed E-state index contributed by atoms with van der Waals surface area (Å²) in [4.78, 5) is 19.1. The van der Waals surface area contributed by atoms with Gasteiger partial charge in [0.15, 0.2) is 5.79 Å². The third-order valence-corrected chi connectivity index (χ3v) is 3.52. The van der Waals surface area contributed by atoms with Gasteiger partial charge in [0.2, 0.25) is 0 Å². The minimum Gasteiger partial charge on any atom is -0.478 e. The van der Waals surface area contributed by atoms with Crippen molar-refractivity contribution in [3.05, 3.63) is 12.2 Å². The molecule has 0 bridgehead atoms. The number of aliphatic carboxylic acids is 2. The average molecular weight is 316 g/mol. The molecule has 0 amide bonds. The number of carbonyl (C=O) groups is 2. The quantitative estimate of drug-likeness (QED) is 0.460. The molecule has 1 aliphatic carbocycles. The highest BCUT2D eigenvalue weighted by molar-refractivity contribution is 5.89. The van der Waals surface area contributed by atoms with Crippen LogP contribution in [0.3, 0.4) is 0 Å². The van der Waals surface area contributed by atoms with E-state index in [4.69, 9.17) is 10.2 Å². The monoisotopic (exact) mass is 316 g/mol. The molecule has 0 aromatic rings. The normalized spacial score (nSPS) is 20.1. The van der Waals surface area contributed by atoms with Crippen LogP contribution in [0.2, 0.25) is 0 Å². The Balaban J connectivity index is 0.000000472. The maximum absolute atomic E-state index is 9.61. The highest BCUT2D eigenvalue weighted by atomic mass is 16.5. The first-order valence-corrected chi connectivity index (χ1v) is 7.92. The molecule has 6 heteroatoms. The Kier molecular flexibility index (Phi) is 11.4. The van der Waals surface area contributed by atoms with Crippen LogP contribution < -0.4 is 0 Å². The molecule has 1 fully saturated rings. The molecule has 0 heterocycles. The van der Waals surface area contributed by atoms with Gasteiger partial charge in [0.25, 0.3) is 0 Å². The lowest BCUT2D eigenvalue weighted by atomic mass is 9.97. The highest BCUT2D eigenvalue weighted by Crippen LogP contribution is 2.22. The van der Waals surface area contributed by atoms with Crippen LogP contribution in [-0.2, 0) is 9.59 Å². The van der Waals surface area contributed by atoms with Crippen molar-refractivity contribution in [1.82, 2.24) is 0 Å². The van der Waals surface area contributed by atoms with Crippen LogP contribution in [0.15, 0.2) is 12.2 Å². The van der Waals surface area contributed by atoms with Gasteiger partial charge in [-0.2, -0.15) is 0 Å². The summed E-state index contributed by atoms with van der Waals surface area (Å²) in [5.74, 6) is -3.89. The van der Waals surface area contributed by atoms with Crippen molar-refractivity contribution in [3.63, 3.8) is 0 Å². The van der Waals surface area contributed by atoms with Crippen molar-refractivity contribution in [2.75, 3.05) is 0 Å². The lowest BCUT2D eigenvalue weighted by Gasteiger charge is -2.22. The van der Waals surface area contributed by atoms with Gasteiger partial charge in [-0.15, -0.1) is 0 Å². The number of rotatable bonds is 2. The molecule has 0 saturated heterocycles. The largest absolute Gasteiger partial charge is 0.478 e. The SMILES string of the molecule is O=C(O)/C=C/C(=O)O.OC1(O)CCCCCCCCCCC1. The Morgan fingerprint density at radius 3 is 1.18 bits per heavy atom. The van der Waals surface area contributed by atoms with E-state index in [1.807, 2.05) is 0 Å². The lowest BCUT2D eigenvalue weighted by Crippen LogP contribution is -2.27. The molecule has 4 N–H and O–H groups in total. The van der Waals surface area contributed by atoms with Gasteiger partial charge in [-0.1, -0.05) is 44.9 Å². The summed E-state index contributed by atoms with van der Waals surface area (Å²) in [5.41, 5.74) is 0. The summed E-state index contributed by atoms with van der Waals surface area (Å²) in [5, 5.41) is 34.9. The molecule has 0 aromatic heterocycles. The molecule has 6 nitrogen and oxygen atoms in total. The van der Waals surface area contributed by atoms with E-state index in [0.717, 1.165) is 25.7 Å². The molecule has 0 radical (unpaired) electrons. The number of carboxylic acids is 2. The second-order valence-corrected chi connectivity index (χ2v) is 5.67. The number of aliphatic hydroxyl groups is 2. The first-order valence-electron chi connectivity index (χ1n) is 7.92. The van der Waals surface area contributed by atoms with Gasteiger partial charge >= 0.3 is 11.9 Å². The van der Waals surface area contributed by atoms with Crippen molar-refractivity contribution >= 4 is 11.9 Å². The summed E-state index contributed by atoms with van der Waals surface area (Å²) in [6.07, 6.45) is 13.0. The van der Waals surface area contributed by atoms with Gasteiger partial charge in [0.1, 0.15) is 0 Å². The van der Waals surface area contributed by atoms with Gasteiger partial charge in [0, 0.05) is 25.0 Å². The van der Waals surface area contributed by atoms with Crippen molar-refractivity contribution in [3.8, 4) is 0 Å². The molecule has 22 heavy (non-hydrogen) atoms. The zero-order valence-corrected chi connectivity index (χ0v) is 13.0. The molecular formula is C16H28O6. The zero-order chi connectivity index (χ0) is 16.8. The summed E-state index contributed by atoms with van der Waals surface area (Å²) >= 11 is 0. The maximum Gasteiger partial charge on any atom is 0.328 e. The van der Waals surface area contributed by atoms with Crippen molar-refractivity contribution in [1.29, 1.82) is 0 Å². The predicted octanol–water partition coefficient (Wildman–Crippen LogP) is 2.68. The van der Waals surface area contributed by atoms with Crippen LogP contribution in [-0.4, -0.2) is 38.2 Å². The average Bonchev–Trinajstić information content (AvgIpc) is 2.41. The Morgan fingerprint density at radius 1 is 0.636 bits per heavy atom. The fraction of sp³-hybridized carbons (Fsp3) is 0.750. The summed E-state index contributed by atoms with van der Waals surface area (Å²) in [6.45, 7) is 0. The third kappa shape index (κ3) is 15.0. The Labute approximate surface area is 131 Å². The Morgan fingerprint density at radius 2 is 0.909 bits per heavy atom. The minimum absolute atomic E-state index is 0.558. The van der Waals surface area contributed by atoms with Crippen molar-refractivity contribution in [2.24, 2.45) is 0 Å². The van der Waals surface area contributed by atoms with E-state index < -0.39 is 17.7 Å². The van der Waals surface area contributed by atoms with Crippen LogP contribution >= 0.6 is 0 Å². The van der Waals surface area contributed by atoms with Gasteiger partial charge in [0.05, 0.1) is 0 Å². The van der Waals surface area contributed by atoms with Crippen molar-refractivity contribution in [2.45, 2.75) is 76.4 Å². The predicted molar refractivity (Wildman–Crippen MR) is 82.4 cm³/mol. The molecule has 0 unspecified atom stereocenters.